The Labute approximate surface area is 148 Å². The number of hydrogen-bond donors (Lipinski definition) is 1. The highest BCUT2D eigenvalue weighted by molar-refractivity contribution is 6.31. The van der Waals surface area contributed by atoms with E-state index in [0.717, 1.165) is 17.7 Å². The molecule has 1 heterocycles. The summed E-state index contributed by atoms with van der Waals surface area (Å²) in [7, 11) is 0. The van der Waals surface area contributed by atoms with Gasteiger partial charge in [-0.3, -0.25) is 4.90 Å². The normalized spacial score (nSPS) is 19.1. The van der Waals surface area contributed by atoms with Gasteiger partial charge in [0.2, 0.25) is 0 Å². The maximum atomic E-state index is 12.7. The van der Waals surface area contributed by atoms with Gasteiger partial charge in [0, 0.05) is 24.7 Å². The van der Waals surface area contributed by atoms with Gasteiger partial charge in [0.15, 0.2) is 0 Å². The Kier molecular flexibility index (Phi) is 5.22. The number of rotatable bonds is 3. The van der Waals surface area contributed by atoms with E-state index in [9.17, 15) is 18.3 Å². The Balaban J connectivity index is 1.69. The van der Waals surface area contributed by atoms with Crippen LogP contribution >= 0.6 is 11.6 Å². The van der Waals surface area contributed by atoms with E-state index < -0.39 is 11.7 Å². The van der Waals surface area contributed by atoms with Crippen molar-refractivity contribution in [2.45, 2.75) is 18.8 Å². The first-order valence-electron chi connectivity index (χ1n) is 7.81. The average Bonchev–Trinajstić information content (AvgIpc) is 2.58. The number of benzene rings is 2. The van der Waals surface area contributed by atoms with Gasteiger partial charge in [-0.1, -0.05) is 23.7 Å². The lowest BCUT2D eigenvalue weighted by atomic mass is 10.0. The van der Waals surface area contributed by atoms with Crippen LogP contribution < -0.4 is 0 Å². The fraction of sp³-hybridized carbons (Fsp3) is 0.333. The molecule has 0 radical (unpaired) electrons. The van der Waals surface area contributed by atoms with E-state index in [1.807, 2.05) is 0 Å². The molecule has 0 aliphatic carbocycles. The third-order valence-electron chi connectivity index (χ3n) is 4.18. The van der Waals surface area contributed by atoms with Crippen LogP contribution in [0.25, 0.3) is 0 Å². The van der Waals surface area contributed by atoms with E-state index >= 15 is 0 Å². The SMILES string of the molecule is Oc1ccc(Cl)c(CN2CCOC(c3ccc(C(F)(F)F)cc3)C2)c1. The second kappa shape index (κ2) is 7.23. The molecule has 2 aromatic rings. The fourth-order valence-corrected chi connectivity index (χ4v) is 3.04. The number of phenolic OH excluding ortho intramolecular Hbond substituents is 1. The van der Waals surface area contributed by atoms with E-state index in [-0.39, 0.29) is 11.9 Å². The van der Waals surface area contributed by atoms with Crippen LogP contribution in [0.1, 0.15) is 22.8 Å². The van der Waals surface area contributed by atoms with Crippen LogP contribution in [0, 0.1) is 0 Å². The summed E-state index contributed by atoms with van der Waals surface area (Å²) >= 11 is 6.15. The Morgan fingerprint density at radius 3 is 2.56 bits per heavy atom. The molecule has 1 unspecified atom stereocenters. The number of morpholine rings is 1. The molecular weight excluding hydrogens is 355 g/mol. The summed E-state index contributed by atoms with van der Waals surface area (Å²) in [5.74, 6) is 0.145. The van der Waals surface area contributed by atoms with Crippen LogP contribution in [0.15, 0.2) is 42.5 Å². The van der Waals surface area contributed by atoms with Crippen molar-refractivity contribution >= 4 is 11.6 Å². The zero-order valence-corrected chi connectivity index (χ0v) is 14.0. The molecule has 0 bridgehead atoms. The van der Waals surface area contributed by atoms with Crippen molar-refractivity contribution in [2.75, 3.05) is 19.7 Å². The van der Waals surface area contributed by atoms with Crippen molar-refractivity contribution in [3.05, 3.63) is 64.2 Å². The molecule has 0 aromatic heterocycles. The molecule has 3 rings (SSSR count). The smallest absolute Gasteiger partial charge is 0.416 e. The molecule has 134 valence electrons. The third-order valence-corrected chi connectivity index (χ3v) is 4.55. The number of alkyl halides is 3. The maximum Gasteiger partial charge on any atom is 0.416 e. The average molecular weight is 372 g/mol. The Morgan fingerprint density at radius 1 is 1.16 bits per heavy atom. The summed E-state index contributed by atoms with van der Waals surface area (Å²) in [6, 6.07) is 9.84. The summed E-state index contributed by atoms with van der Waals surface area (Å²) in [6.45, 7) is 2.23. The molecule has 3 nitrogen and oxygen atoms in total. The van der Waals surface area contributed by atoms with E-state index in [2.05, 4.69) is 4.90 Å². The molecule has 1 saturated heterocycles. The topological polar surface area (TPSA) is 32.7 Å². The van der Waals surface area contributed by atoms with Gasteiger partial charge in [0.05, 0.1) is 18.3 Å². The Morgan fingerprint density at radius 2 is 1.88 bits per heavy atom. The minimum Gasteiger partial charge on any atom is -0.508 e. The van der Waals surface area contributed by atoms with Gasteiger partial charge in [-0.25, -0.2) is 0 Å². The predicted molar refractivity (Wildman–Crippen MR) is 88.5 cm³/mol. The van der Waals surface area contributed by atoms with Gasteiger partial charge in [-0.05, 0) is 41.5 Å². The first kappa shape index (κ1) is 18.0. The lowest BCUT2D eigenvalue weighted by molar-refractivity contribution is -0.137. The van der Waals surface area contributed by atoms with E-state index in [4.69, 9.17) is 16.3 Å². The third kappa shape index (κ3) is 4.45. The number of ether oxygens (including phenoxy) is 1. The monoisotopic (exact) mass is 371 g/mol. The van der Waals surface area contributed by atoms with Crippen LogP contribution in [0.4, 0.5) is 13.2 Å². The number of phenols is 1. The molecule has 0 spiro atoms. The van der Waals surface area contributed by atoms with Crippen molar-refractivity contribution in [1.82, 2.24) is 4.90 Å². The van der Waals surface area contributed by atoms with E-state index in [0.29, 0.717) is 36.8 Å². The molecule has 25 heavy (non-hydrogen) atoms. The molecule has 1 fully saturated rings. The molecule has 1 N–H and O–H groups in total. The fourth-order valence-electron chi connectivity index (χ4n) is 2.86. The minimum absolute atomic E-state index is 0.145. The first-order valence-corrected chi connectivity index (χ1v) is 8.19. The van der Waals surface area contributed by atoms with Crippen molar-refractivity contribution in [2.24, 2.45) is 0 Å². The largest absolute Gasteiger partial charge is 0.508 e. The maximum absolute atomic E-state index is 12.7. The summed E-state index contributed by atoms with van der Waals surface area (Å²) in [4.78, 5) is 2.10. The van der Waals surface area contributed by atoms with Gasteiger partial charge in [-0.2, -0.15) is 13.2 Å². The Hall–Kier alpha value is -1.76. The zero-order valence-electron chi connectivity index (χ0n) is 13.3. The van der Waals surface area contributed by atoms with Crippen molar-refractivity contribution < 1.29 is 23.0 Å². The highest BCUT2D eigenvalue weighted by Gasteiger charge is 2.31. The highest BCUT2D eigenvalue weighted by Crippen LogP contribution is 2.31. The molecule has 0 saturated carbocycles. The summed E-state index contributed by atoms with van der Waals surface area (Å²) in [5.41, 5.74) is 0.838. The summed E-state index contributed by atoms with van der Waals surface area (Å²) < 4.78 is 43.7. The van der Waals surface area contributed by atoms with Gasteiger partial charge < -0.3 is 9.84 Å². The van der Waals surface area contributed by atoms with Crippen LogP contribution in [0.5, 0.6) is 5.75 Å². The lowest BCUT2D eigenvalue weighted by Gasteiger charge is -2.33. The molecule has 1 aliphatic rings. The molecule has 2 aromatic carbocycles. The Bertz CT molecular complexity index is 734. The minimum atomic E-state index is -4.34. The molecular formula is C18H17ClF3NO2. The van der Waals surface area contributed by atoms with Crippen molar-refractivity contribution in [1.29, 1.82) is 0 Å². The number of nitrogens with zero attached hydrogens (tertiary/aromatic N) is 1. The number of halogens is 4. The van der Waals surface area contributed by atoms with Gasteiger partial charge in [0.25, 0.3) is 0 Å². The first-order chi connectivity index (χ1) is 11.8. The zero-order chi connectivity index (χ0) is 18.0. The van der Waals surface area contributed by atoms with E-state index in [1.165, 1.54) is 18.2 Å². The summed E-state index contributed by atoms with van der Waals surface area (Å²) in [5, 5.41) is 10.2. The van der Waals surface area contributed by atoms with Gasteiger partial charge in [0.1, 0.15) is 5.75 Å². The quantitative estimate of drug-likeness (QED) is 0.853. The molecule has 1 aliphatic heterocycles. The van der Waals surface area contributed by atoms with Crippen LogP contribution in [-0.2, 0) is 17.5 Å². The van der Waals surface area contributed by atoms with Crippen molar-refractivity contribution in [3.63, 3.8) is 0 Å². The van der Waals surface area contributed by atoms with Crippen molar-refractivity contribution in [3.8, 4) is 5.75 Å². The number of hydrogen-bond acceptors (Lipinski definition) is 3. The van der Waals surface area contributed by atoms with Gasteiger partial charge >= 0.3 is 6.18 Å². The molecule has 1 atom stereocenters. The van der Waals surface area contributed by atoms with Crippen LogP contribution in [0.3, 0.4) is 0 Å². The number of aromatic hydroxyl groups is 1. The summed E-state index contributed by atoms with van der Waals surface area (Å²) in [6.07, 6.45) is -4.64. The van der Waals surface area contributed by atoms with Crippen LogP contribution in [-0.4, -0.2) is 29.7 Å². The lowest BCUT2D eigenvalue weighted by Crippen LogP contribution is -2.37. The molecule has 0 amide bonds. The molecule has 7 heteroatoms. The van der Waals surface area contributed by atoms with Gasteiger partial charge in [-0.15, -0.1) is 0 Å². The van der Waals surface area contributed by atoms with E-state index in [1.54, 1.807) is 12.1 Å². The highest BCUT2D eigenvalue weighted by atomic mass is 35.5. The standard InChI is InChI=1S/C18H17ClF3NO2/c19-16-6-5-15(24)9-13(16)10-23-7-8-25-17(11-23)12-1-3-14(4-2-12)18(20,21)22/h1-6,9,17,24H,7-8,10-11H2. The predicted octanol–water partition coefficient (Wildman–Crippen LogP) is 4.64. The van der Waals surface area contributed by atoms with Crippen LogP contribution in [0.2, 0.25) is 5.02 Å². The second-order valence-electron chi connectivity index (χ2n) is 5.99. The second-order valence-corrected chi connectivity index (χ2v) is 6.40.